The molecule has 0 radical (unpaired) electrons. The van der Waals surface area contributed by atoms with Crippen molar-refractivity contribution in [1.82, 2.24) is 9.78 Å². The second kappa shape index (κ2) is 4.82. The summed E-state index contributed by atoms with van der Waals surface area (Å²) in [5.41, 5.74) is 10.6. The van der Waals surface area contributed by atoms with E-state index in [9.17, 15) is 9.90 Å². The summed E-state index contributed by atoms with van der Waals surface area (Å²) in [4.78, 5) is 13.1. The van der Waals surface area contributed by atoms with Crippen molar-refractivity contribution < 1.29 is 9.90 Å². The molecule has 2 atom stereocenters. The minimum atomic E-state index is -0.854. The molecule has 2 rings (SSSR count). The fourth-order valence-electron chi connectivity index (χ4n) is 2.61. The average molecular weight is 267 g/mol. The van der Waals surface area contributed by atoms with Crippen LogP contribution in [0.1, 0.15) is 30.3 Å². The van der Waals surface area contributed by atoms with Crippen molar-refractivity contribution in [3.8, 4) is 0 Å². The number of carbonyl (C=O) groups is 1. The Hall–Kier alpha value is -1.60. The monoisotopic (exact) mass is 267 g/mol. The number of hydrogen-bond acceptors (Lipinski definition) is 5. The number of anilines is 1. The second-order valence-electron chi connectivity index (χ2n) is 5.55. The molecular weight excluding hydrogens is 246 g/mol. The average Bonchev–Trinajstić information content (AvgIpc) is 2.59. The first-order valence-corrected chi connectivity index (χ1v) is 6.35. The van der Waals surface area contributed by atoms with Gasteiger partial charge >= 0.3 is 0 Å². The summed E-state index contributed by atoms with van der Waals surface area (Å²) in [6.07, 6.45) is 1.34. The van der Waals surface area contributed by atoms with Crippen LogP contribution in [0, 0.1) is 0 Å². The predicted molar refractivity (Wildman–Crippen MR) is 71.8 cm³/mol. The number of carbonyl (C=O) groups excluding carboxylic acids is 1. The van der Waals surface area contributed by atoms with E-state index in [0.717, 1.165) is 18.8 Å². The number of hydrogen-bond donors (Lipinski definition) is 3. The van der Waals surface area contributed by atoms with Gasteiger partial charge in [0.05, 0.1) is 5.60 Å². The molecule has 0 aromatic carbocycles. The zero-order valence-corrected chi connectivity index (χ0v) is 11.3. The maximum Gasteiger partial charge on any atom is 0.269 e. The highest BCUT2D eigenvalue weighted by molar-refractivity contribution is 5.91. The summed E-state index contributed by atoms with van der Waals surface area (Å²) in [6.45, 7) is 2.95. The van der Waals surface area contributed by atoms with E-state index in [1.54, 1.807) is 24.7 Å². The van der Waals surface area contributed by atoms with Crippen LogP contribution in [0.5, 0.6) is 0 Å². The van der Waals surface area contributed by atoms with E-state index in [4.69, 9.17) is 11.5 Å². The Morgan fingerprint density at radius 2 is 2.32 bits per heavy atom. The van der Waals surface area contributed by atoms with E-state index in [-0.39, 0.29) is 11.7 Å². The number of aryl methyl sites for hydroxylation is 1. The van der Waals surface area contributed by atoms with Gasteiger partial charge in [0.1, 0.15) is 5.82 Å². The normalized spacial score (nSPS) is 28.2. The Balaban J connectivity index is 2.27. The van der Waals surface area contributed by atoms with Gasteiger partial charge in [-0.15, -0.1) is 0 Å². The van der Waals surface area contributed by atoms with Crippen LogP contribution in [0.4, 0.5) is 5.82 Å². The molecule has 7 heteroatoms. The first kappa shape index (κ1) is 13.8. The Bertz CT molecular complexity index is 482. The molecule has 0 aliphatic carbocycles. The summed E-state index contributed by atoms with van der Waals surface area (Å²) in [5, 5.41) is 14.4. The summed E-state index contributed by atoms with van der Waals surface area (Å²) in [5.74, 6) is 0.211. The molecule has 1 aromatic rings. The summed E-state index contributed by atoms with van der Waals surface area (Å²) >= 11 is 0. The molecule has 1 aliphatic heterocycles. The first-order chi connectivity index (χ1) is 8.78. The third kappa shape index (κ3) is 3.05. The molecule has 1 fully saturated rings. The van der Waals surface area contributed by atoms with Gasteiger partial charge in [-0.3, -0.25) is 9.48 Å². The third-order valence-corrected chi connectivity index (χ3v) is 3.43. The molecular formula is C12H21N5O2. The van der Waals surface area contributed by atoms with Crippen LogP contribution in [0.15, 0.2) is 6.07 Å². The fourth-order valence-corrected chi connectivity index (χ4v) is 2.61. The van der Waals surface area contributed by atoms with Crippen LogP contribution in [0.3, 0.4) is 0 Å². The maximum atomic E-state index is 11.2. The first-order valence-electron chi connectivity index (χ1n) is 6.35. The molecule has 7 nitrogen and oxygen atoms in total. The quantitative estimate of drug-likeness (QED) is 0.649. The number of aliphatic hydroxyl groups is 1. The van der Waals surface area contributed by atoms with Gasteiger partial charge in [-0.1, -0.05) is 0 Å². The maximum absolute atomic E-state index is 11.2. The van der Waals surface area contributed by atoms with Crippen molar-refractivity contribution in [3.63, 3.8) is 0 Å². The van der Waals surface area contributed by atoms with Crippen LogP contribution < -0.4 is 16.4 Å². The lowest BCUT2D eigenvalue weighted by atomic mass is 9.97. The van der Waals surface area contributed by atoms with Crippen molar-refractivity contribution >= 4 is 11.7 Å². The van der Waals surface area contributed by atoms with E-state index in [1.165, 1.54) is 0 Å². The van der Waals surface area contributed by atoms with Gasteiger partial charge in [-0.05, 0) is 19.8 Å². The van der Waals surface area contributed by atoms with Gasteiger partial charge in [0.15, 0.2) is 5.69 Å². The Morgan fingerprint density at radius 1 is 1.63 bits per heavy atom. The fraction of sp³-hybridized carbons (Fsp3) is 0.667. The van der Waals surface area contributed by atoms with Crippen LogP contribution in [-0.2, 0) is 7.05 Å². The van der Waals surface area contributed by atoms with Gasteiger partial charge in [-0.2, -0.15) is 5.10 Å². The Morgan fingerprint density at radius 3 is 2.89 bits per heavy atom. The summed E-state index contributed by atoms with van der Waals surface area (Å²) < 4.78 is 1.60. The molecule has 1 saturated heterocycles. The summed E-state index contributed by atoms with van der Waals surface area (Å²) in [7, 11) is 1.75. The summed E-state index contributed by atoms with van der Waals surface area (Å²) in [6, 6.07) is 1.62. The largest absolute Gasteiger partial charge is 0.388 e. The second-order valence-corrected chi connectivity index (χ2v) is 5.55. The van der Waals surface area contributed by atoms with Crippen molar-refractivity contribution in [1.29, 1.82) is 0 Å². The highest BCUT2D eigenvalue weighted by atomic mass is 16.3. The van der Waals surface area contributed by atoms with Crippen LogP contribution >= 0.6 is 0 Å². The van der Waals surface area contributed by atoms with E-state index in [1.807, 2.05) is 4.90 Å². The van der Waals surface area contributed by atoms with Gasteiger partial charge in [0.25, 0.3) is 5.91 Å². The van der Waals surface area contributed by atoms with Crippen LogP contribution in [-0.4, -0.2) is 45.5 Å². The smallest absolute Gasteiger partial charge is 0.269 e. The number of aromatic nitrogens is 2. The van der Waals surface area contributed by atoms with Crippen molar-refractivity contribution in [2.75, 3.05) is 18.0 Å². The van der Waals surface area contributed by atoms with Crippen LogP contribution in [0.25, 0.3) is 0 Å². The zero-order chi connectivity index (χ0) is 14.2. The lowest BCUT2D eigenvalue weighted by Crippen LogP contribution is -2.41. The molecule has 1 aliphatic rings. The predicted octanol–water partition coefficient (Wildman–Crippen LogP) is -0.802. The van der Waals surface area contributed by atoms with E-state index in [2.05, 4.69) is 5.10 Å². The number of rotatable bonds is 2. The topological polar surface area (TPSA) is 110 Å². The molecule has 1 amide bonds. The Kier molecular flexibility index (Phi) is 3.51. The van der Waals surface area contributed by atoms with Gasteiger partial charge in [-0.25, -0.2) is 0 Å². The molecule has 2 unspecified atom stereocenters. The van der Waals surface area contributed by atoms with Crippen LogP contribution in [0.2, 0.25) is 0 Å². The van der Waals surface area contributed by atoms with Gasteiger partial charge < -0.3 is 21.5 Å². The van der Waals surface area contributed by atoms with E-state index < -0.39 is 11.5 Å². The Labute approximate surface area is 112 Å². The third-order valence-electron chi connectivity index (χ3n) is 3.43. The number of β-amino-alcohol motifs (C(OH)–C–C–N with tert-alkyl or cyclic N) is 1. The molecule has 0 saturated carbocycles. The lowest BCUT2D eigenvalue weighted by Gasteiger charge is -2.29. The van der Waals surface area contributed by atoms with E-state index >= 15 is 0 Å². The molecule has 0 spiro atoms. The minimum Gasteiger partial charge on any atom is -0.388 e. The molecule has 2 heterocycles. The zero-order valence-electron chi connectivity index (χ0n) is 11.3. The molecule has 5 N–H and O–H groups in total. The highest BCUT2D eigenvalue weighted by Gasteiger charge is 2.31. The SMILES string of the molecule is Cn1nc(C(N)=O)cc1N1CCC(N)CC(C)(O)C1. The minimum absolute atomic E-state index is 0.0242. The number of primary amides is 1. The molecule has 1 aromatic heterocycles. The van der Waals surface area contributed by atoms with Crippen molar-refractivity contribution in [2.45, 2.75) is 31.4 Å². The van der Waals surface area contributed by atoms with Crippen molar-refractivity contribution in [2.24, 2.45) is 18.5 Å². The van der Waals surface area contributed by atoms with Crippen molar-refractivity contribution in [3.05, 3.63) is 11.8 Å². The lowest BCUT2D eigenvalue weighted by molar-refractivity contribution is 0.0567. The molecule has 0 bridgehead atoms. The van der Waals surface area contributed by atoms with Gasteiger partial charge in [0, 0.05) is 32.2 Å². The number of nitrogens with two attached hydrogens (primary N) is 2. The molecule has 19 heavy (non-hydrogen) atoms. The number of nitrogens with zero attached hydrogens (tertiary/aromatic N) is 3. The standard InChI is InChI=1S/C12H21N5O2/c1-12(19)6-8(13)3-4-17(7-12)10-5-9(11(14)18)15-16(10)2/h5,8,19H,3-4,6-7,13H2,1-2H3,(H2,14,18). The molecule has 106 valence electrons. The van der Waals surface area contributed by atoms with E-state index in [0.29, 0.717) is 13.0 Å². The highest BCUT2D eigenvalue weighted by Crippen LogP contribution is 2.24. The number of amides is 1. The van der Waals surface area contributed by atoms with Gasteiger partial charge in [0.2, 0.25) is 0 Å².